The minimum absolute atomic E-state index is 0.106. The molecule has 0 heterocycles. The summed E-state index contributed by atoms with van der Waals surface area (Å²) in [5, 5.41) is 8.90. The summed E-state index contributed by atoms with van der Waals surface area (Å²) in [4.78, 5) is 0. The Morgan fingerprint density at radius 3 is 2.15 bits per heavy atom. The third-order valence-electron chi connectivity index (χ3n) is 3.67. The zero-order valence-electron chi connectivity index (χ0n) is 13.6. The topological polar surface area (TPSA) is 29.5 Å². The number of benzene rings is 1. The molecule has 0 saturated carbocycles. The molecule has 0 amide bonds. The van der Waals surface area contributed by atoms with Crippen molar-refractivity contribution in [3.05, 3.63) is 34.9 Å². The van der Waals surface area contributed by atoms with Gasteiger partial charge in [-0.2, -0.15) is 0 Å². The first-order valence-corrected chi connectivity index (χ1v) is 7.72. The summed E-state index contributed by atoms with van der Waals surface area (Å²) in [6, 6.07) is 6.78. The second-order valence-electron chi connectivity index (χ2n) is 6.42. The van der Waals surface area contributed by atoms with Gasteiger partial charge in [-0.1, -0.05) is 50.1 Å². The normalized spacial score (nSPS) is 14.6. The van der Waals surface area contributed by atoms with Crippen molar-refractivity contribution in [2.75, 3.05) is 13.2 Å². The molecule has 0 bridgehead atoms. The van der Waals surface area contributed by atoms with Gasteiger partial charge in [-0.15, -0.1) is 0 Å². The van der Waals surface area contributed by atoms with Gasteiger partial charge in [0, 0.05) is 0 Å². The maximum Gasteiger partial charge on any atom is 0.0701 e. The van der Waals surface area contributed by atoms with Gasteiger partial charge >= 0.3 is 0 Å². The smallest absolute Gasteiger partial charge is 0.0701 e. The molecule has 1 aromatic rings. The van der Waals surface area contributed by atoms with Gasteiger partial charge in [-0.25, -0.2) is 0 Å². The molecular weight excluding hydrogens is 248 g/mol. The first kappa shape index (κ1) is 17.2. The van der Waals surface area contributed by atoms with E-state index in [4.69, 9.17) is 9.84 Å². The average Bonchev–Trinajstić information content (AvgIpc) is 2.32. The van der Waals surface area contributed by atoms with Crippen LogP contribution in [0.3, 0.4) is 0 Å². The van der Waals surface area contributed by atoms with Gasteiger partial charge in [-0.05, 0) is 44.1 Å². The number of aliphatic hydroxyl groups excluding tert-OH is 1. The lowest BCUT2D eigenvalue weighted by molar-refractivity contribution is -0.00911. The van der Waals surface area contributed by atoms with Gasteiger partial charge in [0.15, 0.2) is 0 Å². The van der Waals surface area contributed by atoms with Gasteiger partial charge in [0.05, 0.1) is 19.3 Å². The summed E-state index contributed by atoms with van der Waals surface area (Å²) in [5.74, 6) is 1.07. The minimum Gasteiger partial charge on any atom is -0.394 e. The van der Waals surface area contributed by atoms with Crippen molar-refractivity contribution in [3.63, 3.8) is 0 Å². The molecule has 1 N–H and O–H groups in total. The molecule has 0 fully saturated rings. The van der Waals surface area contributed by atoms with E-state index in [0.717, 1.165) is 12.8 Å². The summed E-state index contributed by atoms with van der Waals surface area (Å²) in [7, 11) is 0. The van der Waals surface area contributed by atoms with Crippen molar-refractivity contribution in [1.29, 1.82) is 0 Å². The van der Waals surface area contributed by atoms with Crippen LogP contribution in [0.5, 0.6) is 0 Å². The Kier molecular flexibility index (Phi) is 7.25. The number of aliphatic hydroxyl groups is 1. The molecule has 0 radical (unpaired) electrons. The minimum atomic E-state index is 0.106. The van der Waals surface area contributed by atoms with E-state index in [0.29, 0.717) is 18.4 Å². The lowest BCUT2D eigenvalue weighted by Gasteiger charge is -2.24. The molecule has 2 heteroatoms. The van der Waals surface area contributed by atoms with E-state index in [2.05, 4.69) is 52.8 Å². The molecule has 2 unspecified atom stereocenters. The lowest BCUT2D eigenvalue weighted by Crippen LogP contribution is -2.24. The van der Waals surface area contributed by atoms with Crippen molar-refractivity contribution in [2.24, 2.45) is 11.8 Å². The number of aryl methyl sites for hydroxylation is 2. The van der Waals surface area contributed by atoms with E-state index in [-0.39, 0.29) is 12.7 Å². The number of hydrogen-bond donors (Lipinski definition) is 1. The van der Waals surface area contributed by atoms with Crippen molar-refractivity contribution in [2.45, 2.75) is 53.6 Å². The first-order chi connectivity index (χ1) is 9.42. The van der Waals surface area contributed by atoms with Crippen LogP contribution in [0.2, 0.25) is 0 Å². The number of hydrogen-bond acceptors (Lipinski definition) is 2. The molecule has 0 saturated heterocycles. The van der Waals surface area contributed by atoms with Crippen LogP contribution >= 0.6 is 0 Å². The molecule has 0 aliphatic heterocycles. The maximum absolute atomic E-state index is 8.90. The standard InChI is InChI=1S/C18H30O2/c1-13(2)18(20-7-6-19)12-16(5)11-17-9-14(3)8-15(4)10-17/h8-10,13,16,18-19H,6-7,11-12H2,1-5H3. The fourth-order valence-corrected chi connectivity index (χ4v) is 2.81. The Morgan fingerprint density at radius 2 is 1.65 bits per heavy atom. The Balaban J connectivity index is 2.58. The predicted octanol–water partition coefficient (Wildman–Crippen LogP) is 3.91. The van der Waals surface area contributed by atoms with Gasteiger partial charge in [0.25, 0.3) is 0 Å². The molecule has 20 heavy (non-hydrogen) atoms. The van der Waals surface area contributed by atoms with Crippen LogP contribution in [-0.2, 0) is 11.2 Å². The largest absolute Gasteiger partial charge is 0.394 e. The quantitative estimate of drug-likeness (QED) is 0.781. The summed E-state index contributed by atoms with van der Waals surface area (Å²) in [6.07, 6.45) is 2.38. The maximum atomic E-state index is 8.90. The Morgan fingerprint density at radius 1 is 1.05 bits per heavy atom. The number of ether oxygens (including phenoxy) is 1. The highest BCUT2D eigenvalue weighted by molar-refractivity contribution is 5.28. The molecular formula is C18H30O2. The molecule has 2 atom stereocenters. The van der Waals surface area contributed by atoms with Gasteiger partial charge in [0.1, 0.15) is 0 Å². The van der Waals surface area contributed by atoms with E-state index in [1.165, 1.54) is 16.7 Å². The molecule has 2 nitrogen and oxygen atoms in total. The van der Waals surface area contributed by atoms with Crippen LogP contribution in [0.25, 0.3) is 0 Å². The molecule has 0 aliphatic carbocycles. The van der Waals surface area contributed by atoms with E-state index >= 15 is 0 Å². The zero-order valence-corrected chi connectivity index (χ0v) is 13.6. The highest BCUT2D eigenvalue weighted by Crippen LogP contribution is 2.21. The van der Waals surface area contributed by atoms with Gasteiger partial charge in [0.2, 0.25) is 0 Å². The highest BCUT2D eigenvalue weighted by Gasteiger charge is 2.17. The highest BCUT2D eigenvalue weighted by atomic mass is 16.5. The van der Waals surface area contributed by atoms with Crippen LogP contribution in [0.15, 0.2) is 18.2 Å². The van der Waals surface area contributed by atoms with E-state index < -0.39 is 0 Å². The fraction of sp³-hybridized carbons (Fsp3) is 0.667. The van der Waals surface area contributed by atoms with E-state index in [1.807, 2.05) is 0 Å². The zero-order chi connectivity index (χ0) is 15.1. The Labute approximate surface area is 124 Å². The average molecular weight is 278 g/mol. The Hall–Kier alpha value is -0.860. The molecule has 0 spiro atoms. The van der Waals surface area contributed by atoms with Crippen molar-refractivity contribution in [1.82, 2.24) is 0 Å². The second kappa shape index (κ2) is 8.43. The van der Waals surface area contributed by atoms with Crippen molar-refractivity contribution < 1.29 is 9.84 Å². The molecule has 0 aliphatic rings. The van der Waals surface area contributed by atoms with Crippen LogP contribution < -0.4 is 0 Å². The van der Waals surface area contributed by atoms with E-state index in [9.17, 15) is 0 Å². The van der Waals surface area contributed by atoms with Crippen LogP contribution in [0.4, 0.5) is 0 Å². The third kappa shape index (κ3) is 6.06. The van der Waals surface area contributed by atoms with Crippen molar-refractivity contribution >= 4 is 0 Å². The number of rotatable bonds is 8. The summed E-state index contributed by atoms with van der Waals surface area (Å²) >= 11 is 0. The van der Waals surface area contributed by atoms with Crippen LogP contribution in [-0.4, -0.2) is 24.4 Å². The molecule has 1 rings (SSSR count). The first-order valence-electron chi connectivity index (χ1n) is 7.72. The van der Waals surface area contributed by atoms with Crippen molar-refractivity contribution in [3.8, 4) is 0 Å². The van der Waals surface area contributed by atoms with Gasteiger partial charge in [-0.3, -0.25) is 0 Å². The monoisotopic (exact) mass is 278 g/mol. The van der Waals surface area contributed by atoms with Crippen LogP contribution in [0.1, 0.15) is 43.9 Å². The fourth-order valence-electron chi connectivity index (χ4n) is 2.81. The van der Waals surface area contributed by atoms with Crippen LogP contribution in [0, 0.1) is 25.7 Å². The second-order valence-corrected chi connectivity index (χ2v) is 6.42. The SMILES string of the molecule is Cc1cc(C)cc(CC(C)CC(OCCO)C(C)C)c1. The third-order valence-corrected chi connectivity index (χ3v) is 3.67. The predicted molar refractivity (Wildman–Crippen MR) is 85.1 cm³/mol. The Bertz CT molecular complexity index is 378. The summed E-state index contributed by atoms with van der Waals surface area (Å²) in [5.41, 5.74) is 4.09. The van der Waals surface area contributed by atoms with Gasteiger partial charge < -0.3 is 9.84 Å². The molecule has 1 aromatic carbocycles. The summed E-state index contributed by atoms with van der Waals surface area (Å²) in [6.45, 7) is 11.5. The molecule has 0 aromatic heterocycles. The summed E-state index contributed by atoms with van der Waals surface area (Å²) < 4.78 is 5.76. The lowest BCUT2D eigenvalue weighted by atomic mass is 9.90. The van der Waals surface area contributed by atoms with E-state index in [1.54, 1.807) is 0 Å². The molecule has 114 valence electrons.